The van der Waals surface area contributed by atoms with Gasteiger partial charge in [0.25, 0.3) is 0 Å². The van der Waals surface area contributed by atoms with Crippen molar-refractivity contribution in [3.8, 4) is 0 Å². The molecule has 1 fully saturated rings. The molecule has 1 aromatic heterocycles. The van der Waals surface area contributed by atoms with Crippen LogP contribution in [0, 0.1) is 0 Å². The number of likely N-dealkylation sites (tertiary alicyclic amines) is 1. The van der Waals surface area contributed by atoms with Crippen LogP contribution in [-0.2, 0) is 0 Å². The number of pyridine rings is 1. The van der Waals surface area contributed by atoms with E-state index >= 15 is 0 Å². The Balaban J connectivity index is 1.32. The van der Waals surface area contributed by atoms with Gasteiger partial charge in [0, 0.05) is 17.6 Å². The van der Waals surface area contributed by atoms with E-state index in [-0.39, 0.29) is 0 Å². The fourth-order valence-corrected chi connectivity index (χ4v) is 4.92. The van der Waals surface area contributed by atoms with E-state index < -0.39 is 0 Å². The average molecular weight is 354 g/mol. The number of nitrogens with zero attached hydrogens (tertiary/aromatic N) is 3. The van der Waals surface area contributed by atoms with Crippen LogP contribution >= 0.6 is 11.8 Å². The van der Waals surface area contributed by atoms with Gasteiger partial charge in [-0.05, 0) is 69.6 Å². The predicted molar refractivity (Wildman–Crippen MR) is 106 cm³/mol. The van der Waals surface area contributed by atoms with Crippen LogP contribution in [0.1, 0.15) is 38.5 Å². The van der Waals surface area contributed by atoms with Crippen LogP contribution in [0.4, 0.5) is 11.5 Å². The molecule has 1 saturated heterocycles. The first-order valence-corrected chi connectivity index (χ1v) is 10.5. The summed E-state index contributed by atoms with van der Waals surface area (Å²) in [5.41, 5.74) is 1.32. The zero-order chi connectivity index (χ0) is 16.9. The van der Waals surface area contributed by atoms with Crippen molar-refractivity contribution in [3.05, 3.63) is 42.6 Å². The van der Waals surface area contributed by atoms with E-state index in [0.29, 0.717) is 0 Å². The lowest BCUT2D eigenvalue weighted by Crippen LogP contribution is -2.23. The van der Waals surface area contributed by atoms with Crippen LogP contribution in [0.5, 0.6) is 0 Å². The molecule has 2 aliphatic heterocycles. The SMILES string of the molecule is c1ccc2c(c1)Sc1cccnc1N2CCCCCCN1CCCC1. The number of hydrogen-bond donors (Lipinski definition) is 0. The van der Waals surface area contributed by atoms with Gasteiger partial charge in [0.05, 0.1) is 10.6 Å². The molecule has 1 aromatic carbocycles. The zero-order valence-electron chi connectivity index (χ0n) is 14.9. The number of aromatic nitrogens is 1. The molecule has 2 aromatic rings. The van der Waals surface area contributed by atoms with Gasteiger partial charge in [-0.2, -0.15) is 0 Å². The Labute approximate surface area is 155 Å². The highest BCUT2D eigenvalue weighted by Gasteiger charge is 2.23. The van der Waals surface area contributed by atoms with E-state index in [4.69, 9.17) is 0 Å². The topological polar surface area (TPSA) is 19.4 Å². The largest absolute Gasteiger partial charge is 0.324 e. The number of rotatable bonds is 7. The van der Waals surface area contributed by atoms with Gasteiger partial charge < -0.3 is 9.80 Å². The molecule has 25 heavy (non-hydrogen) atoms. The van der Waals surface area contributed by atoms with E-state index in [9.17, 15) is 0 Å². The van der Waals surface area contributed by atoms with Crippen molar-refractivity contribution in [2.45, 2.75) is 48.3 Å². The smallest absolute Gasteiger partial charge is 0.147 e. The summed E-state index contributed by atoms with van der Waals surface area (Å²) >= 11 is 1.84. The Kier molecular flexibility index (Phi) is 5.58. The Morgan fingerprint density at radius 3 is 2.48 bits per heavy atom. The van der Waals surface area contributed by atoms with Gasteiger partial charge in [0.15, 0.2) is 0 Å². The molecular formula is C21H27N3S. The molecule has 0 radical (unpaired) electrons. The number of unbranched alkanes of at least 4 members (excludes halogenated alkanes) is 3. The van der Waals surface area contributed by atoms with Crippen molar-refractivity contribution < 1.29 is 0 Å². The van der Waals surface area contributed by atoms with Crippen molar-refractivity contribution in [2.75, 3.05) is 31.1 Å². The van der Waals surface area contributed by atoms with Crippen LogP contribution in [0.15, 0.2) is 52.4 Å². The van der Waals surface area contributed by atoms with Gasteiger partial charge >= 0.3 is 0 Å². The second kappa shape index (κ2) is 8.24. The van der Waals surface area contributed by atoms with E-state index in [1.807, 2.05) is 24.0 Å². The molecule has 0 aliphatic carbocycles. The third kappa shape index (κ3) is 4.01. The van der Waals surface area contributed by atoms with E-state index in [2.05, 4.69) is 45.1 Å². The quantitative estimate of drug-likeness (QED) is 0.625. The second-order valence-corrected chi connectivity index (χ2v) is 8.09. The van der Waals surface area contributed by atoms with Crippen LogP contribution in [0.3, 0.4) is 0 Å². The molecule has 4 rings (SSSR count). The summed E-state index contributed by atoms with van der Waals surface area (Å²) in [6.07, 6.45) is 9.95. The average Bonchev–Trinajstić information content (AvgIpc) is 3.17. The van der Waals surface area contributed by atoms with Crippen LogP contribution in [0.2, 0.25) is 0 Å². The highest BCUT2D eigenvalue weighted by Crippen LogP contribution is 2.46. The van der Waals surface area contributed by atoms with Gasteiger partial charge in [0.2, 0.25) is 0 Å². The predicted octanol–water partition coefficient (Wildman–Crippen LogP) is 5.34. The first-order chi connectivity index (χ1) is 12.4. The number of para-hydroxylation sites is 1. The van der Waals surface area contributed by atoms with Crippen molar-refractivity contribution in [1.82, 2.24) is 9.88 Å². The normalized spacial score (nSPS) is 16.7. The van der Waals surface area contributed by atoms with Gasteiger partial charge in [0.1, 0.15) is 5.82 Å². The fourth-order valence-electron chi connectivity index (χ4n) is 3.86. The van der Waals surface area contributed by atoms with E-state index in [0.717, 1.165) is 12.4 Å². The molecule has 0 unspecified atom stereocenters. The Bertz CT molecular complexity index is 652. The summed E-state index contributed by atoms with van der Waals surface area (Å²) in [6, 6.07) is 12.9. The lowest BCUT2D eigenvalue weighted by Gasteiger charge is -2.31. The summed E-state index contributed by atoms with van der Waals surface area (Å²) in [5.74, 6) is 1.13. The maximum atomic E-state index is 4.67. The Hall–Kier alpha value is -1.52. The van der Waals surface area contributed by atoms with Crippen molar-refractivity contribution in [2.24, 2.45) is 0 Å². The molecule has 0 amide bonds. The molecule has 132 valence electrons. The number of anilines is 2. The Morgan fingerprint density at radius 1 is 0.840 bits per heavy atom. The maximum absolute atomic E-state index is 4.67. The second-order valence-electron chi connectivity index (χ2n) is 7.01. The third-order valence-electron chi connectivity index (χ3n) is 5.19. The fraction of sp³-hybridized carbons (Fsp3) is 0.476. The van der Waals surface area contributed by atoms with E-state index in [1.54, 1.807) is 0 Å². The van der Waals surface area contributed by atoms with Crippen molar-refractivity contribution in [3.63, 3.8) is 0 Å². The van der Waals surface area contributed by atoms with Crippen molar-refractivity contribution in [1.29, 1.82) is 0 Å². The zero-order valence-corrected chi connectivity index (χ0v) is 15.7. The lowest BCUT2D eigenvalue weighted by atomic mass is 10.1. The number of fused-ring (bicyclic) bond motifs is 2. The van der Waals surface area contributed by atoms with Gasteiger partial charge in [-0.25, -0.2) is 4.98 Å². The summed E-state index contributed by atoms with van der Waals surface area (Å²) in [7, 11) is 0. The first-order valence-electron chi connectivity index (χ1n) is 9.63. The maximum Gasteiger partial charge on any atom is 0.147 e. The number of benzene rings is 1. The summed E-state index contributed by atoms with van der Waals surface area (Å²) in [6.45, 7) is 5.01. The minimum Gasteiger partial charge on any atom is -0.324 e. The van der Waals surface area contributed by atoms with Crippen LogP contribution in [-0.4, -0.2) is 36.1 Å². The molecule has 3 heterocycles. The summed E-state index contributed by atoms with van der Waals surface area (Å²) < 4.78 is 0. The molecule has 0 atom stereocenters. The van der Waals surface area contributed by atoms with Gasteiger partial charge in [-0.3, -0.25) is 0 Å². The molecule has 3 nitrogen and oxygen atoms in total. The molecule has 0 bridgehead atoms. The van der Waals surface area contributed by atoms with Crippen molar-refractivity contribution >= 4 is 23.3 Å². The number of hydrogen-bond acceptors (Lipinski definition) is 4. The summed E-state index contributed by atoms with van der Waals surface area (Å²) in [5, 5.41) is 0. The highest BCUT2D eigenvalue weighted by molar-refractivity contribution is 7.99. The molecule has 0 spiro atoms. The molecule has 0 saturated carbocycles. The van der Waals surface area contributed by atoms with Crippen LogP contribution in [0.25, 0.3) is 0 Å². The molecule has 4 heteroatoms. The highest BCUT2D eigenvalue weighted by atomic mass is 32.2. The first kappa shape index (κ1) is 16.9. The molecular weight excluding hydrogens is 326 g/mol. The Morgan fingerprint density at radius 2 is 1.60 bits per heavy atom. The minimum absolute atomic E-state index is 1.06. The van der Waals surface area contributed by atoms with Gasteiger partial charge in [-0.15, -0.1) is 0 Å². The third-order valence-corrected chi connectivity index (χ3v) is 6.29. The molecule has 2 aliphatic rings. The summed E-state index contributed by atoms with van der Waals surface area (Å²) in [4.78, 5) is 12.3. The lowest BCUT2D eigenvalue weighted by molar-refractivity contribution is 0.328. The van der Waals surface area contributed by atoms with E-state index in [1.165, 1.54) is 73.6 Å². The molecule has 0 N–H and O–H groups in total. The minimum atomic E-state index is 1.06. The van der Waals surface area contributed by atoms with Crippen LogP contribution < -0.4 is 4.90 Å². The monoisotopic (exact) mass is 353 g/mol. The standard InChI is InChI=1S/C21H27N3S/c1(5-14-23-15-7-8-16-23)2-6-17-24-18-10-3-4-11-19(18)25-20-12-9-13-22-21(20)24/h3-4,9-13H,1-2,5-8,14-17H2. The van der Waals surface area contributed by atoms with Gasteiger partial charge in [-0.1, -0.05) is 36.7 Å².